The van der Waals surface area contributed by atoms with Crippen molar-refractivity contribution in [2.75, 3.05) is 18.1 Å². The molecule has 6 heteroatoms. The van der Waals surface area contributed by atoms with Gasteiger partial charge in [0.2, 0.25) is 5.91 Å². The van der Waals surface area contributed by atoms with Gasteiger partial charge in [-0.1, -0.05) is 32.0 Å². The van der Waals surface area contributed by atoms with E-state index in [1.807, 2.05) is 44.2 Å². The molecule has 0 spiro atoms. The van der Waals surface area contributed by atoms with Gasteiger partial charge in [0.05, 0.1) is 5.75 Å². The third kappa shape index (κ3) is 7.43. The lowest BCUT2D eigenvalue weighted by Crippen LogP contribution is -2.30. The van der Waals surface area contributed by atoms with E-state index >= 15 is 0 Å². The first-order valence-electron chi connectivity index (χ1n) is 6.79. The Hall–Kier alpha value is -1.14. The predicted molar refractivity (Wildman–Crippen MR) is 88.9 cm³/mol. The van der Waals surface area contributed by atoms with Crippen LogP contribution in [0.5, 0.6) is 0 Å². The highest BCUT2D eigenvalue weighted by atomic mass is 32.2. The zero-order valence-corrected chi connectivity index (χ0v) is 13.9. The zero-order chi connectivity index (χ0) is 15.7. The van der Waals surface area contributed by atoms with Gasteiger partial charge in [0.1, 0.15) is 5.25 Å². The number of hydrogen-bond acceptors (Lipinski definition) is 4. The number of aliphatic carboxylic acids is 1. The Balaban J connectivity index is 2.18. The van der Waals surface area contributed by atoms with Gasteiger partial charge >= 0.3 is 5.97 Å². The average Bonchev–Trinajstić information content (AvgIpc) is 2.44. The topological polar surface area (TPSA) is 66.4 Å². The summed E-state index contributed by atoms with van der Waals surface area (Å²) in [5, 5.41) is 11.3. The number of thioether (sulfide) groups is 2. The number of carboxylic acid groups (broad SMARTS) is 1. The summed E-state index contributed by atoms with van der Waals surface area (Å²) in [4.78, 5) is 23.9. The van der Waals surface area contributed by atoms with E-state index in [1.54, 1.807) is 11.8 Å². The molecule has 4 nitrogen and oxygen atoms in total. The average molecular weight is 327 g/mol. The van der Waals surface area contributed by atoms with Gasteiger partial charge in [0.25, 0.3) is 0 Å². The lowest BCUT2D eigenvalue weighted by atomic mass is 10.1. The van der Waals surface area contributed by atoms with Crippen molar-refractivity contribution in [3.05, 3.63) is 30.3 Å². The van der Waals surface area contributed by atoms with Gasteiger partial charge in [-0.25, -0.2) is 0 Å². The SMILES string of the molecule is CC(C)C(SCC(=O)NCCSc1ccccc1)C(=O)O. The molecule has 0 aliphatic heterocycles. The molecule has 116 valence electrons. The molecule has 1 unspecified atom stereocenters. The third-order valence-corrected chi connectivity index (χ3v) is 5.23. The molecule has 21 heavy (non-hydrogen) atoms. The largest absolute Gasteiger partial charge is 0.480 e. The van der Waals surface area contributed by atoms with Gasteiger partial charge in [0, 0.05) is 17.2 Å². The Morgan fingerprint density at radius 1 is 1.24 bits per heavy atom. The Kier molecular flexibility index (Phi) is 8.30. The number of rotatable bonds is 9. The summed E-state index contributed by atoms with van der Waals surface area (Å²) < 4.78 is 0. The molecule has 0 aliphatic rings. The highest BCUT2D eigenvalue weighted by Gasteiger charge is 2.22. The van der Waals surface area contributed by atoms with Crippen molar-refractivity contribution in [3.63, 3.8) is 0 Å². The third-order valence-electron chi connectivity index (χ3n) is 2.68. The molecule has 0 saturated heterocycles. The monoisotopic (exact) mass is 327 g/mol. The molecule has 1 aromatic rings. The van der Waals surface area contributed by atoms with Crippen LogP contribution in [0, 0.1) is 5.92 Å². The zero-order valence-electron chi connectivity index (χ0n) is 12.2. The van der Waals surface area contributed by atoms with Crippen LogP contribution >= 0.6 is 23.5 Å². The number of carboxylic acids is 1. The van der Waals surface area contributed by atoms with Crippen LogP contribution in [0.1, 0.15) is 13.8 Å². The second-order valence-corrected chi connectivity index (χ2v) is 7.12. The van der Waals surface area contributed by atoms with E-state index in [2.05, 4.69) is 5.32 Å². The Morgan fingerprint density at radius 3 is 2.48 bits per heavy atom. The molecule has 0 aromatic heterocycles. The fraction of sp³-hybridized carbons (Fsp3) is 0.467. The summed E-state index contributed by atoms with van der Waals surface area (Å²) in [6.07, 6.45) is 0. The van der Waals surface area contributed by atoms with Crippen LogP contribution in [0.4, 0.5) is 0 Å². The maximum atomic E-state index is 11.7. The van der Waals surface area contributed by atoms with E-state index in [9.17, 15) is 9.59 Å². The van der Waals surface area contributed by atoms with Gasteiger partial charge in [0.15, 0.2) is 0 Å². The molecule has 0 radical (unpaired) electrons. The van der Waals surface area contributed by atoms with Crippen LogP contribution < -0.4 is 5.32 Å². The van der Waals surface area contributed by atoms with E-state index in [1.165, 1.54) is 16.7 Å². The van der Waals surface area contributed by atoms with Crippen LogP contribution in [0.2, 0.25) is 0 Å². The fourth-order valence-corrected chi connectivity index (χ4v) is 3.39. The molecule has 1 atom stereocenters. The molecule has 0 aliphatic carbocycles. The van der Waals surface area contributed by atoms with E-state index in [4.69, 9.17) is 5.11 Å². The highest BCUT2D eigenvalue weighted by molar-refractivity contribution is 8.01. The molecule has 1 aromatic carbocycles. The Labute approximate surface area is 134 Å². The normalized spacial score (nSPS) is 12.1. The maximum Gasteiger partial charge on any atom is 0.316 e. The first-order valence-corrected chi connectivity index (χ1v) is 8.83. The lowest BCUT2D eigenvalue weighted by Gasteiger charge is -2.15. The van der Waals surface area contributed by atoms with Gasteiger partial charge in [-0.15, -0.1) is 23.5 Å². The molecular weight excluding hydrogens is 306 g/mol. The highest BCUT2D eigenvalue weighted by Crippen LogP contribution is 2.19. The smallest absolute Gasteiger partial charge is 0.316 e. The number of benzene rings is 1. The Morgan fingerprint density at radius 2 is 1.90 bits per heavy atom. The molecule has 0 fully saturated rings. The van der Waals surface area contributed by atoms with E-state index in [-0.39, 0.29) is 17.6 Å². The van der Waals surface area contributed by atoms with Crippen molar-refractivity contribution >= 4 is 35.4 Å². The van der Waals surface area contributed by atoms with Crippen LogP contribution in [0.15, 0.2) is 35.2 Å². The van der Waals surface area contributed by atoms with Crippen molar-refractivity contribution in [1.82, 2.24) is 5.32 Å². The van der Waals surface area contributed by atoms with Crippen molar-refractivity contribution in [3.8, 4) is 0 Å². The minimum Gasteiger partial charge on any atom is -0.480 e. The molecule has 2 N–H and O–H groups in total. The van der Waals surface area contributed by atoms with Crippen LogP contribution in [0.3, 0.4) is 0 Å². The molecule has 0 saturated carbocycles. The summed E-state index contributed by atoms with van der Waals surface area (Å²) >= 11 is 2.86. The molecule has 1 rings (SSSR count). The lowest BCUT2D eigenvalue weighted by molar-refractivity contribution is -0.137. The number of nitrogens with one attached hydrogen (secondary N) is 1. The summed E-state index contributed by atoms with van der Waals surface area (Å²) in [5.41, 5.74) is 0. The quantitative estimate of drug-likeness (QED) is 0.539. The summed E-state index contributed by atoms with van der Waals surface area (Å²) in [7, 11) is 0. The standard InChI is InChI=1S/C15H21NO3S2/c1-11(2)14(15(18)19)21-10-13(17)16-8-9-20-12-6-4-3-5-7-12/h3-7,11,14H,8-10H2,1-2H3,(H,16,17)(H,18,19). The fourth-order valence-electron chi connectivity index (χ4n) is 1.64. The summed E-state index contributed by atoms with van der Waals surface area (Å²) in [6.45, 7) is 4.28. The van der Waals surface area contributed by atoms with Gasteiger partial charge in [-0.05, 0) is 18.1 Å². The number of hydrogen-bond donors (Lipinski definition) is 2. The summed E-state index contributed by atoms with van der Waals surface area (Å²) in [6, 6.07) is 9.99. The summed E-state index contributed by atoms with van der Waals surface area (Å²) in [5.74, 6) is 0.0231. The number of carbonyl (C=O) groups is 2. The van der Waals surface area contributed by atoms with E-state index in [0.29, 0.717) is 6.54 Å². The van der Waals surface area contributed by atoms with Crippen molar-refractivity contribution in [2.24, 2.45) is 5.92 Å². The van der Waals surface area contributed by atoms with Crippen molar-refractivity contribution < 1.29 is 14.7 Å². The van der Waals surface area contributed by atoms with Crippen LogP contribution in [-0.4, -0.2) is 40.3 Å². The second-order valence-electron chi connectivity index (χ2n) is 4.83. The van der Waals surface area contributed by atoms with Gasteiger partial charge in [-0.3, -0.25) is 9.59 Å². The molecular formula is C15H21NO3S2. The van der Waals surface area contributed by atoms with Crippen molar-refractivity contribution in [2.45, 2.75) is 24.0 Å². The van der Waals surface area contributed by atoms with Crippen LogP contribution in [0.25, 0.3) is 0 Å². The van der Waals surface area contributed by atoms with Gasteiger partial charge < -0.3 is 10.4 Å². The van der Waals surface area contributed by atoms with Crippen molar-refractivity contribution in [1.29, 1.82) is 0 Å². The molecule has 0 bridgehead atoms. The first-order chi connectivity index (χ1) is 10.0. The predicted octanol–water partition coefficient (Wildman–Crippen LogP) is 2.74. The van der Waals surface area contributed by atoms with Crippen LogP contribution in [-0.2, 0) is 9.59 Å². The Bertz CT molecular complexity index is 451. The minimum absolute atomic E-state index is 0.00827. The maximum absolute atomic E-state index is 11.7. The van der Waals surface area contributed by atoms with Gasteiger partial charge in [-0.2, -0.15) is 0 Å². The number of carbonyl (C=O) groups excluding carboxylic acids is 1. The molecule has 0 heterocycles. The number of amides is 1. The second kappa shape index (κ2) is 9.73. The first kappa shape index (κ1) is 17.9. The van der Waals surface area contributed by atoms with E-state index < -0.39 is 11.2 Å². The molecule has 1 amide bonds. The minimum atomic E-state index is -0.859. The van der Waals surface area contributed by atoms with E-state index in [0.717, 1.165) is 5.75 Å².